The maximum absolute atomic E-state index is 12.1. The minimum Gasteiger partial charge on any atom is -0.508 e. The molecule has 0 amide bonds. The third-order valence-electron chi connectivity index (χ3n) is 3.12. The van der Waals surface area contributed by atoms with E-state index in [1.54, 1.807) is 24.3 Å². The number of phenols is 2. The first-order valence-corrected chi connectivity index (χ1v) is 6.29. The second kappa shape index (κ2) is 5.25. The summed E-state index contributed by atoms with van der Waals surface area (Å²) in [6.07, 6.45) is 0. The highest BCUT2D eigenvalue weighted by atomic mass is 16.5. The van der Waals surface area contributed by atoms with Crippen molar-refractivity contribution in [2.45, 2.75) is 0 Å². The van der Waals surface area contributed by atoms with E-state index in [4.69, 9.17) is 4.42 Å². The fraction of sp³-hybridized carbons (Fsp3) is 0. The van der Waals surface area contributed by atoms with Gasteiger partial charge in [-0.1, -0.05) is 0 Å². The van der Waals surface area contributed by atoms with Crippen molar-refractivity contribution >= 4 is 17.4 Å². The zero-order chi connectivity index (χ0) is 15.7. The molecule has 2 aromatic carbocycles. The van der Waals surface area contributed by atoms with Crippen LogP contribution in [0.4, 0.5) is 0 Å². The van der Waals surface area contributed by atoms with Crippen LogP contribution in [0.15, 0.2) is 51.7 Å². The summed E-state index contributed by atoms with van der Waals surface area (Å²) in [6, 6.07) is 9.90. The summed E-state index contributed by atoms with van der Waals surface area (Å²) >= 11 is 0. The van der Waals surface area contributed by atoms with E-state index in [1.165, 1.54) is 12.1 Å². The van der Waals surface area contributed by atoms with E-state index >= 15 is 0 Å². The van der Waals surface area contributed by atoms with Crippen molar-refractivity contribution < 1.29 is 24.2 Å². The van der Waals surface area contributed by atoms with E-state index in [0.29, 0.717) is 17.8 Å². The maximum Gasteiger partial charge on any atom is 0.298 e. The summed E-state index contributed by atoms with van der Waals surface area (Å²) in [4.78, 5) is 22.4. The molecule has 110 valence electrons. The first-order chi connectivity index (χ1) is 10.6. The molecule has 0 spiro atoms. The van der Waals surface area contributed by atoms with Crippen LogP contribution in [0, 0.1) is 0 Å². The Kier molecular flexibility index (Phi) is 3.27. The van der Waals surface area contributed by atoms with Crippen molar-refractivity contribution in [3.8, 4) is 28.6 Å². The van der Waals surface area contributed by atoms with E-state index in [-0.39, 0.29) is 28.2 Å². The molecule has 0 bridgehead atoms. The lowest BCUT2D eigenvalue weighted by atomic mass is 10.1. The molecule has 0 aliphatic rings. The smallest absolute Gasteiger partial charge is 0.298 e. The molecule has 3 aromatic rings. The van der Waals surface area contributed by atoms with Gasteiger partial charge in [-0.3, -0.25) is 9.59 Å². The first kappa shape index (κ1) is 13.7. The number of hydrogen-bond acceptors (Lipinski definition) is 6. The number of phenolic OH excluding ortho intramolecular Hbond substituents is 2. The molecule has 0 unspecified atom stereocenters. The highest BCUT2D eigenvalue weighted by Crippen LogP contribution is 2.30. The van der Waals surface area contributed by atoms with Crippen LogP contribution >= 0.6 is 0 Å². The SMILES string of the molecule is O=COc1ccc(-c2cc(=O)c3c(O)cc(O)cc3o2)cc1. The molecule has 0 saturated heterocycles. The van der Waals surface area contributed by atoms with Crippen molar-refractivity contribution in [1.82, 2.24) is 0 Å². The van der Waals surface area contributed by atoms with Crippen molar-refractivity contribution in [3.05, 3.63) is 52.7 Å². The summed E-state index contributed by atoms with van der Waals surface area (Å²) in [6.45, 7) is 0.316. The van der Waals surface area contributed by atoms with Gasteiger partial charge in [0.05, 0.1) is 0 Å². The van der Waals surface area contributed by atoms with E-state index in [2.05, 4.69) is 4.74 Å². The molecule has 0 aliphatic heterocycles. The number of carbonyl (C=O) groups is 1. The first-order valence-electron chi connectivity index (χ1n) is 6.29. The molecule has 6 nitrogen and oxygen atoms in total. The third-order valence-corrected chi connectivity index (χ3v) is 3.12. The monoisotopic (exact) mass is 298 g/mol. The quantitative estimate of drug-likeness (QED) is 0.721. The molecule has 0 aliphatic carbocycles. The van der Waals surface area contributed by atoms with Crippen LogP contribution < -0.4 is 10.2 Å². The van der Waals surface area contributed by atoms with Gasteiger partial charge in [-0.2, -0.15) is 0 Å². The van der Waals surface area contributed by atoms with Gasteiger partial charge in [-0.25, -0.2) is 0 Å². The molecule has 0 radical (unpaired) electrons. The van der Waals surface area contributed by atoms with Crippen LogP contribution in [0.25, 0.3) is 22.3 Å². The summed E-state index contributed by atoms with van der Waals surface area (Å²) < 4.78 is 10.2. The van der Waals surface area contributed by atoms with Gasteiger partial charge < -0.3 is 19.4 Å². The standard InChI is InChI=1S/C16H10O6/c17-8-21-11-3-1-9(2-4-11)14-7-13(20)16-12(19)5-10(18)6-15(16)22-14/h1-8,18-19H. The van der Waals surface area contributed by atoms with Crippen LogP contribution in [0.1, 0.15) is 0 Å². The highest BCUT2D eigenvalue weighted by molar-refractivity contribution is 5.86. The predicted octanol–water partition coefficient (Wildman–Crippen LogP) is 2.41. The Labute approximate surface area is 123 Å². The molecular weight excluding hydrogens is 288 g/mol. The van der Waals surface area contributed by atoms with Crippen LogP contribution in [-0.2, 0) is 4.79 Å². The largest absolute Gasteiger partial charge is 0.508 e. The van der Waals surface area contributed by atoms with Gasteiger partial charge in [0.15, 0.2) is 5.43 Å². The van der Waals surface area contributed by atoms with Crippen LogP contribution in [0.5, 0.6) is 17.2 Å². The number of carbonyl (C=O) groups excluding carboxylic acids is 1. The lowest BCUT2D eigenvalue weighted by molar-refractivity contribution is -0.120. The van der Waals surface area contributed by atoms with E-state index in [9.17, 15) is 19.8 Å². The van der Waals surface area contributed by atoms with Crippen molar-refractivity contribution in [1.29, 1.82) is 0 Å². The lowest BCUT2D eigenvalue weighted by Gasteiger charge is -2.05. The van der Waals surface area contributed by atoms with Crippen molar-refractivity contribution in [2.75, 3.05) is 0 Å². The number of hydrogen-bond donors (Lipinski definition) is 2. The zero-order valence-corrected chi connectivity index (χ0v) is 11.1. The zero-order valence-electron chi connectivity index (χ0n) is 11.1. The number of ether oxygens (including phenoxy) is 1. The van der Waals surface area contributed by atoms with E-state index < -0.39 is 5.43 Å². The molecule has 0 atom stereocenters. The van der Waals surface area contributed by atoms with Crippen LogP contribution in [0.2, 0.25) is 0 Å². The molecule has 2 N–H and O–H groups in total. The fourth-order valence-electron chi connectivity index (χ4n) is 2.15. The highest BCUT2D eigenvalue weighted by Gasteiger charge is 2.12. The molecular formula is C16H10O6. The van der Waals surface area contributed by atoms with Crippen molar-refractivity contribution in [2.24, 2.45) is 0 Å². The molecule has 3 rings (SSSR count). The lowest BCUT2D eigenvalue weighted by Crippen LogP contribution is -2.00. The Morgan fingerprint density at radius 3 is 2.45 bits per heavy atom. The average molecular weight is 298 g/mol. The predicted molar refractivity (Wildman–Crippen MR) is 77.9 cm³/mol. The molecule has 1 heterocycles. The van der Waals surface area contributed by atoms with E-state index in [0.717, 1.165) is 6.07 Å². The summed E-state index contributed by atoms with van der Waals surface area (Å²) in [5.74, 6) is 0.0717. The second-order valence-electron chi connectivity index (χ2n) is 4.55. The number of aromatic hydroxyl groups is 2. The maximum atomic E-state index is 12.1. The Hall–Kier alpha value is -3.28. The molecule has 6 heteroatoms. The Morgan fingerprint density at radius 2 is 1.77 bits per heavy atom. The Balaban J connectivity index is 2.15. The minimum atomic E-state index is -0.429. The van der Waals surface area contributed by atoms with Gasteiger partial charge >= 0.3 is 0 Å². The summed E-state index contributed by atoms with van der Waals surface area (Å²) in [5.41, 5.74) is 0.232. The van der Waals surface area contributed by atoms with Gasteiger partial charge in [0.1, 0.15) is 34.0 Å². The molecule has 0 fully saturated rings. The average Bonchev–Trinajstić information content (AvgIpc) is 2.47. The Morgan fingerprint density at radius 1 is 1.05 bits per heavy atom. The molecule has 1 aromatic heterocycles. The number of fused-ring (bicyclic) bond motifs is 1. The number of rotatable bonds is 3. The topological polar surface area (TPSA) is 97.0 Å². The Bertz CT molecular complexity index is 908. The van der Waals surface area contributed by atoms with Gasteiger partial charge in [-0.05, 0) is 24.3 Å². The summed E-state index contributed by atoms with van der Waals surface area (Å²) in [5, 5.41) is 19.2. The van der Waals surface area contributed by atoms with Crippen LogP contribution in [0.3, 0.4) is 0 Å². The van der Waals surface area contributed by atoms with Gasteiger partial charge in [0, 0.05) is 23.8 Å². The second-order valence-corrected chi connectivity index (χ2v) is 4.55. The molecule has 0 saturated carbocycles. The van der Waals surface area contributed by atoms with E-state index in [1.807, 2.05) is 0 Å². The molecule has 22 heavy (non-hydrogen) atoms. The summed E-state index contributed by atoms with van der Waals surface area (Å²) in [7, 11) is 0. The fourth-order valence-corrected chi connectivity index (χ4v) is 2.15. The van der Waals surface area contributed by atoms with Gasteiger partial charge in [0.2, 0.25) is 0 Å². The normalized spacial score (nSPS) is 10.5. The van der Waals surface area contributed by atoms with Crippen LogP contribution in [-0.4, -0.2) is 16.7 Å². The number of benzene rings is 2. The third kappa shape index (κ3) is 2.37. The van der Waals surface area contributed by atoms with Gasteiger partial charge in [-0.15, -0.1) is 0 Å². The minimum absolute atomic E-state index is 0.00228. The van der Waals surface area contributed by atoms with Crippen molar-refractivity contribution in [3.63, 3.8) is 0 Å². The van der Waals surface area contributed by atoms with Gasteiger partial charge in [0.25, 0.3) is 6.47 Å².